The van der Waals surface area contributed by atoms with E-state index in [9.17, 15) is 9.36 Å². The van der Waals surface area contributed by atoms with E-state index in [1.165, 1.54) is 0 Å². The van der Waals surface area contributed by atoms with E-state index >= 15 is 0 Å². The molecule has 0 aliphatic rings. The monoisotopic (exact) mass is 215 g/mol. The summed E-state index contributed by atoms with van der Waals surface area (Å²) >= 11 is 0. The second kappa shape index (κ2) is 4.28. The van der Waals surface area contributed by atoms with Crippen LogP contribution in [0.4, 0.5) is 0 Å². The molecule has 0 aromatic carbocycles. The van der Waals surface area contributed by atoms with Gasteiger partial charge in [0.05, 0.1) is 6.61 Å². The van der Waals surface area contributed by atoms with Crippen LogP contribution in [0.5, 0.6) is 0 Å². The minimum absolute atomic E-state index is 0.0757. The Bertz CT molecular complexity index is 240. The minimum atomic E-state index is -4.76. The van der Waals surface area contributed by atoms with Crippen LogP contribution in [0, 0.1) is 0 Å². The van der Waals surface area contributed by atoms with Crippen molar-refractivity contribution in [3.05, 3.63) is 0 Å². The number of aliphatic hydroxyl groups excluding tert-OH is 1. The lowest BCUT2D eigenvalue weighted by molar-refractivity contribution is -0.136. The van der Waals surface area contributed by atoms with E-state index in [-0.39, 0.29) is 6.29 Å². The maximum Gasteiger partial charge on any atom is 0.469 e. The topological polar surface area (TPSA) is 124 Å². The van der Waals surface area contributed by atoms with Crippen molar-refractivity contribution in [2.45, 2.75) is 18.6 Å². The summed E-state index contributed by atoms with van der Waals surface area (Å²) in [6, 6.07) is 0. The third kappa shape index (κ3) is 5.09. The van der Waals surface area contributed by atoms with Crippen molar-refractivity contribution in [2.75, 3.05) is 6.61 Å². The van der Waals surface area contributed by atoms with Gasteiger partial charge in [-0.3, -0.25) is 4.52 Å². The number of rotatable bonds is 5. The number of carbonyl (C=O) groups excluding carboxylic acids is 1. The second-order valence-corrected chi connectivity index (χ2v) is 3.65. The Balaban J connectivity index is 4.26. The fourth-order valence-corrected chi connectivity index (χ4v) is 0.726. The largest absolute Gasteiger partial charge is 0.469 e. The van der Waals surface area contributed by atoms with E-state index in [0.717, 1.165) is 0 Å². The normalized spacial score (nSPS) is 20.2. The highest BCUT2D eigenvalue weighted by molar-refractivity contribution is 7.46. The van der Waals surface area contributed by atoms with Gasteiger partial charge in [-0.15, -0.1) is 0 Å². The van der Waals surface area contributed by atoms with Gasteiger partial charge in [0, 0.05) is 1.37 Å². The fraction of sp³-hybridized carbons (Fsp3) is 0.800. The zero-order valence-corrected chi connectivity index (χ0v) is 7.42. The first kappa shape index (κ1) is 10.8. The molecule has 0 saturated carbocycles. The molecule has 0 spiro atoms. The van der Waals surface area contributed by atoms with Crippen molar-refractivity contribution in [1.82, 2.24) is 0 Å². The summed E-state index contributed by atoms with van der Waals surface area (Å²) in [7, 11) is -4.76. The van der Waals surface area contributed by atoms with Crippen LogP contribution in [0.3, 0.4) is 0 Å². The van der Waals surface area contributed by atoms with Crippen molar-refractivity contribution < 1.29 is 35.3 Å². The van der Waals surface area contributed by atoms with E-state index < -0.39 is 33.0 Å². The highest BCUT2D eigenvalue weighted by Crippen LogP contribution is 2.36. The van der Waals surface area contributed by atoms with Crippen molar-refractivity contribution in [1.29, 1.82) is 0 Å². The van der Waals surface area contributed by atoms with Crippen LogP contribution < -0.4 is 0 Å². The SMILES string of the molecule is [2H]C[C@](O)(C=O)[C@H](O)COP(=O)(O)O. The number of aliphatic hydroxyl groups is 2. The Morgan fingerprint density at radius 2 is 2.31 bits per heavy atom. The van der Waals surface area contributed by atoms with Crippen LogP contribution in [0.15, 0.2) is 0 Å². The van der Waals surface area contributed by atoms with Gasteiger partial charge in [-0.1, -0.05) is 0 Å². The Labute approximate surface area is 75.6 Å². The maximum absolute atomic E-state index is 10.2. The van der Waals surface area contributed by atoms with E-state index in [2.05, 4.69) is 4.52 Å². The van der Waals surface area contributed by atoms with Gasteiger partial charge in [-0.05, 0) is 6.90 Å². The molecule has 0 aromatic rings. The molecular weight excluding hydrogens is 203 g/mol. The van der Waals surface area contributed by atoms with Crippen LogP contribution in [0.1, 0.15) is 8.27 Å². The minimum Gasteiger partial charge on any atom is -0.387 e. The first-order valence-corrected chi connectivity index (χ1v) is 4.64. The molecule has 0 aliphatic carbocycles. The van der Waals surface area contributed by atoms with Crippen molar-refractivity contribution in [2.24, 2.45) is 0 Å². The van der Waals surface area contributed by atoms with Gasteiger partial charge >= 0.3 is 7.82 Å². The summed E-state index contributed by atoms with van der Waals surface area (Å²) in [5.74, 6) is 0. The molecule has 8 heteroatoms. The number of aldehydes is 1. The molecule has 0 heterocycles. The number of hydrogen-bond acceptors (Lipinski definition) is 5. The van der Waals surface area contributed by atoms with E-state index in [0.29, 0.717) is 0 Å². The second-order valence-electron chi connectivity index (χ2n) is 2.41. The average Bonchev–Trinajstić information content (AvgIpc) is 2.11. The van der Waals surface area contributed by atoms with Crippen molar-refractivity contribution in [3.63, 3.8) is 0 Å². The number of carbonyl (C=O) groups is 1. The third-order valence-electron chi connectivity index (χ3n) is 1.18. The third-order valence-corrected chi connectivity index (χ3v) is 1.67. The first-order chi connectivity index (χ1) is 6.25. The quantitative estimate of drug-likeness (QED) is 0.321. The molecular formula is C5H11O7P. The molecule has 0 radical (unpaired) electrons. The van der Waals surface area contributed by atoms with Crippen LogP contribution in [0.25, 0.3) is 0 Å². The van der Waals surface area contributed by atoms with Gasteiger partial charge in [0.2, 0.25) is 0 Å². The fourth-order valence-electron chi connectivity index (χ4n) is 0.391. The number of hydrogen-bond donors (Lipinski definition) is 4. The lowest BCUT2D eigenvalue weighted by Crippen LogP contribution is -2.43. The summed E-state index contributed by atoms with van der Waals surface area (Å²) in [5, 5.41) is 18.2. The van der Waals surface area contributed by atoms with Gasteiger partial charge < -0.3 is 24.8 Å². The summed E-state index contributed by atoms with van der Waals surface area (Å²) < 4.78 is 20.8. The molecule has 0 unspecified atom stereocenters. The van der Waals surface area contributed by atoms with Crippen LogP contribution in [-0.2, 0) is 13.9 Å². The first-order valence-electron chi connectivity index (χ1n) is 3.82. The van der Waals surface area contributed by atoms with E-state index in [4.69, 9.17) is 21.4 Å². The van der Waals surface area contributed by atoms with Crippen molar-refractivity contribution in [3.8, 4) is 0 Å². The maximum atomic E-state index is 10.2. The van der Waals surface area contributed by atoms with Crippen LogP contribution in [-0.4, -0.2) is 44.6 Å². The molecule has 0 amide bonds. The lowest BCUT2D eigenvalue weighted by atomic mass is 10.0. The molecule has 0 saturated heterocycles. The molecule has 0 rings (SSSR count). The molecule has 4 N–H and O–H groups in total. The Kier molecular flexibility index (Phi) is 3.55. The summed E-state index contributed by atoms with van der Waals surface area (Å²) in [6.45, 7) is -1.76. The van der Waals surface area contributed by atoms with Gasteiger partial charge in [0.25, 0.3) is 0 Å². The highest BCUT2D eigenvalue weighted by Gasteiger charge is 2.31. The van der Waals surface area contributed by atoms with Crippen LogP contribution in [0.2, 0.25) is 0 Å². The molecule has 2 atom stereocenters. The smallest absolute Gasteiger partial charge is 0.387 e. The van der Waals surface area contributed by atoms with E-state index in [1.54, 1.807) is 0 Å². The predicted molar refractivity (Wildman–Crippen MR) is 40.7 cm³/mol. The number of phosphoric ester groups is 1. The van der Waals surface area contributed by atoms with Crippen molar-refractivity contribution >= 4 is 14.1 Å². The standard InChI is InChI=1S/C5H11O7P/c1-5(8,3-6)4(7)2-12-13(9,10)11/h3-4,7-8H,2H2,1H3,(H2,9,10,11)/t4-,5+/m1/s1/i1D. The molecule has 0 bridgehead atoms. The summed E-state index contributed by atoms with van der Waals surface area (Å²) in [4.78, 5) is 26.7. The lowest BCUT2D eigenvalue weighted by Gasteiger charge is -2.22. The van der Waals surface area contributed by atoms with Crippen LogP contribution >= 0.6 is 7.82 Å². The Morgan fingerprint density at radius 1 is 1.77 bits per heavy atom. The molecule has 0 aromatic heterocycles. The molecule has 13 heavy (non-hydrogen) atoms. The highest BCUT2D eigenvalue weighted by atomic mass is 31.2. The summed E-state index contributed by atoms with van der Waals surface area (Å²) in [6.07, 6.45) is -1.93. The van der Waals surface area contributed by atoms with E-state index in [1.807, 2.05) is 0 Å². The summed E-state index contributed by atoms with van der Waals surface area (Å²) in [5.41, 5.74) is -2.37. The molecule has 0 fully saturated rings. The molecule has 7 nitrogen and oxygen atoms in total. The Morgan fingerprint density at radius 3 is 2.62 bits per heavy atom. The van der Waals surface area contributed by atoms with Gasteiger partial charge in [-0.25, -0.2) is 4.57 Å². The average molecular weight is 215 g/mol. The van der Waals surface area contributed by atoms with Gasteiger partial charge in [0.1, 0.15) is 11.7 Å². The number of phosphoric acid groups is 1. The predicted octanol–water partition coefficient (Wildman–Crippen LogP) is -1.59. The zero-order valence-electron chi connectivity index (χ0n) is 7.53. The Hall–Kier alpha value is -0.300. The molecule has 78 valence electrons. The molecule has 0 aliphatic heterocycles. The zero-order chi connectivity index (χ0) is 11.4. The van der Waals surface area contributed by atoms with Gasteiger partial charge in [0.15, 0.2) is 6.29 Å². The van der Waals surface area contributed by atoms with Gasteiger partial charge in [-0.2, -0.15) is 0 Å².